The molecule has 1 atom stereocenters. The van der Waals surface area contributed by atoms with Gasteiger partial charge in [-0.25, -0.2) is 4.98 Å². The van der Waals surface area contributed by atoms with Gasteiger partial charge in [-0.1, -0.05) is 12.1 Å². The molecule has 0 saturated carbocycles. The van der Waals surface area contributed by atoms with Gasteiger partial charge in [0.25, 0.3) is 5.91 Å². The van der Waals surface area contributed by atoms with Crippen LogP contribution in [0, 0.1) is 0 Å². The highest BCUT2D eigenvalue weighted by molar-refractivity contribution is 7.16. The maximum atomic E-state index is 13.2. The Bertz CT molecular complexity index is 1260. The molecule has 5 rings (SSSR count). The number of nitrogens with zero attached hydrogens (tertiary/aromatic N) is 3. The van der Waals surface area contributed by atoms with Crippen LogP contribution in [0.5, 0.6) is 0 Å². The van der Waals surface area contributed by atoms with Crippen molar-refractivity contribution in [2.45, 2.75) is 19.9 Å². The molecule has 0 unspecified atom stereocenters. The van der Waals surface area contributed by atoms with E-state index in [4.69, 9.17) is 4.42 Å². The normalized spacial score (nSPS) is 16.0. The minimum absolute atomic E-state index is 0.0505. The number of carbonyl (C=O) groups excluding carboxylic acids is 2. The highest BCUT2D eigenvalue weighted by Crippen LogP contribution is 2.40. The van der Waals surface area contributed by atoms with E-state index >= 15 is 0 Å². The molecular weight excluding hydrogens is 398 g/mol. The second kappa shape index (κ2) is 7.11. The topological polar surface area (TPSA) is 66.7 Å². The Morgan fingerprint density at radius 1 is 1.10 bits per heavy atom. The molecule has 3 heterocycles. The summed E-state index contributed by atoms with van der Waals surface area (Å²) >= 11 is 1.60. The van der Waals surface area contributed by atoms with E-state index < -0.39 is 0 Å². The third-order valence-corrected chi connectivity index (χ3v) is 6.20. The molecule has 0 fully saturated rings. The number of furan rings is 1. The third-order valence-electron chi connectivity index (χ3n) is 5.39. The highest BCUT2D eigenvalue weighted by Gasteiger charge is 2.35. The second-order valence-electron chi connectivity index (χ2n) is 7.37. The molecule has 2 amide bonds. The number of thiazole rings is 1. The van der Waals surface area contributed by atoms with E-state index in [-0.39, 0.29) is 23.6 Å². The molecule has 2 aromatic carbocycles. The van der Waals surface area contributed by atoms with E-state index in [1.165, 1.54) is 6.26 Å². The Kier molecular flexibility index (Phi) is 4.40. The van der Waals surface area contributed by atoms with Crippen LogP contribution >= 0.6 is 11.3 Å². The zero-order chi connectivity index (χ0) is 20.8. The van der Waals surface area contributed by atoms with Crippen molar-refractivity contribution in [3.63, 3.8) is 0 Å². The lowest BCUT2D eigenvalue weighted by Crippen LogP contribution is -2.51. The monoisotopic (exact) mass is 417 g/mol. The summed E-state index contributed by atoms with van der Waals surface area (Å²) in [5.41, 5.74) is 6.16. The Balaban J connectivity index is 1.65. The Morgan fingerprint density at radius 2 is 1.90 bits per heavy atom. The Labute approximate surface area is 177 Å². The fraction of sp³-hybridized carbons (Fsp3) is 0.174. The van der Waals surface area contributed by atoms with Crippen molar-refractivity contribution in [1.82, 2.24) is 4.98 Å². The van der Waals surface area contributed by atoms with E-state index in [0.29, 0.717) is 12.2 Å². The van der Waals surface area contributed by atoms with Crippen molar-refractivity contribution in [3.8, 4) is 11.1 Å². The molecule has 7 heteroatoms. The molecule has 30 heavy (non-hydrogen) atoms. The van der Waals surface area contributed by atoms with Crippen molar-refractivity contribution < 1.29 is 14.0 Å². The van der Waals surface area contributed by atoms with E-state index in [2.05, 4.69) is 17.1 Å². The number of fused-ring (bicyclic) bond motifs is 2. The number of benzene rings is 2. The van der Waals surface area contributed by atoms with Crippen molar-refractivity contribution in [3.05, 3.63) is 66.1 Å². The van der Waals surface area contributed by atoms with Crippen molar-refractivity contribution in [2.75, 3.05) is 16.3 Å². The average molecular weight is 417 g/mol. The van der Waals surface area contributed by atoms with E-state index in [1.807, 2.05) is 36.7 Å². The molecule has 1 aliphatic rings. The summed E-state index contributed by atoms with van der Waals surface area (Å²) in [7, 11) is 0. The van der Waals surface area contributed by atoms with Gasteiger partial charge in [0, 0.05) is 13.5 Å². The number of rotatable bonds is 2. The molecular formula is C23H19N3O3S. The minimum Gasteiger partial charge on any atom is -0.459 e. The zero-order valence-corrected chi connectivity index (χ0v) is 17.3. The predicted molar refractivity (Wildman–Crippen MR) is 118 cm³/mol. The summed E-state index contributed by atoms with van der Waals surface area (Å²) in [6, 6.07) is 15.2. The van der Waals surface area contributed by atoms with Gasteiger partial charge in [0.15, 0.2) is 5.76 Å². The summed E-state index contributed by atoms with van der Waals surface area (Å²) < 4.78 is 6.48. The summed E-state index contributed by atoms with van der Waals surface area (Å²) in [6.07, 6.45) is 1.49. The number of aromatic nitrogens is 1. The summed E-state index contributed by atoms with van der Waals surface area (Å²) in [6.45, 7) is 3.88. The first-order chi connectivity index (χ1) is 14.5. The smallest absolute Gasteiger partial charge is 0.294 e. The van der Waals surface area contributed by atoms with Crippen molar-refractivity contribution in [2.24, 2.45) is 0 Å². The highest BCUT2D eigenvalue weighted by atomic mass is 32.1. The standard InChI is InChI=1S/C23H19N3O3S/c1-14-12-25(23(28)21-4-3-9-29-21)20-11-17(5-7-19(20)26(14)15(2)27)16-6-8-22-18(10-16)24-13-30-22/h3-11,13-14H,12H2,1-2H3/t14-/m0/s1. The first kappa shape index (κ1) is 18.6. The SMILES string of the molecule is CC(=O)N1c2ccc(-c3ccc4scnc4c3)cc2N(C(=O)c2ccco2)C[C@@H]1C. The number of hydrogen-bond acceptors (Lipinski definition) is 5. The van der Waals surface area contributed by atoms with Crippen LogP contribution in [0.4, 0.5) is 11.4 Å². The lowest BCUT2D eigenvalue weighted by atomic mass is 10.00. The van der Waals surface area contributed by atoms with Crippen LogP contribution in [0.25, 0.3) is 21.3 Å². The van der Waals surface area contributed by atoms with Gasteiger partial charge in [-0.15, -0.1) is 11.3 Å². The molecule has 2 aromatic heterocycles. The molecule has 0 N–H and O–H groups in total. The van der Waals surface area contributed by atoms with Crippen molar-refractivity contribution in [1.29, 1.82) is 0 Å². The Morgan fingerprint density at radius 3 is 2.67 bits per heavy atom. The fourth-order valence-corrected chi connectivity index (χ4v) is 4.71. The average Bonchev–Trinajstić information content (AvgIpc) is 3.43. The molecule has 0 saturated heterocycles. The predicted octanol–water partition coefficient (Wildman–Crippen LogP) is 4.96. The molecule has 4 aromatic rings. The maximum Gasteiger partial charge on any atom is 0.294 e. The Hall–Kier alpha value is -3.45. The van der Waals surface area contributed by atoms with Crippen LogP contribution in [0.1, 0.15) is 24.4 Å². The van der Waals surface area contributed by atoms with Crippen molar-refractivity contribution >= 4 is 44.7 Å². The maximum absolute atomic E-state index is 13.2. The molecule has 0 spiro atoms. The minimum atomic E-state index is -0.219. The van der Waals surface area contributed by atoms with Gasteiger partial charge in [0.05, 0.1) is 39.4 Å². The van der Waals surface area contributed by atoms with Gasteiger partial charge >= 0.3 is 0 Å². The first-order valence-corrected chi connectivity index (χ1v) is 10.5. The summed E-state index contributed by atoms with van der Waals surface area (Å²) in [4.78, 5) is 33.3. The number of carbonyl (C=O) groups is 2. The van der Waals surface area contributed by atoms with E-state index in [0.717, 1.165) is 27.0 Å². The lowest BCUT2D eigenvalue weighted by Gasteiger charge is -2.40. The van der Waals surface area contributed by atoms with Crippen LogP contribution in [0.3, 0.4) is 0 Å². The van der Waals surface area contributed by atoms with E-state index in [1.54, 1.807) is 40.2 Å². The van der Waals surface area contributed by atoms with Gasteiger partial charge in [-0.2, -0.15) is 0 Å². The summed E-state index contributed by atoms with van der Waals surface area (Å²) in [5, 5.41) is 0. The van der Waals surface area contributed by atoms with Crippen LogP contribution < -0.4 is 9.80 Å². The molecule has 0 radical (unpaired) electrons. The van der Waals surface area contributed by atoms with Crippen LogP contribution in [0.15, 0.2) is 64.7 Å². The van der Waals surface area contributed by atoms with Crippen LogP contribution in [0.2, 0.25) is 0 Å². The molecule has 1 aliphatic heterocycles. The number of anilines is 2. The summed E-state index contributed by atoms with van der Waals surface area (Å²) in [5.74, 6) is 0.00705. The van der Waals surface area contributed by atoms with Gasteiger partial charge in [0.1, 0.15) is 0 Å². The molecule has 6 nitrogen and oxygen atoms in total. The van der Waals surface area contributed by atoms with Gasteiger partial charge < -0.3 is 14.2 Å². The first-order valence-electron chi connectivity index (χ1n) is 9.66. The molecule has 0 aliphatic carbocycles. The fourth-order valence-electron chi connectivity index (χ4n) is 4.05. The third kappa shape index (κ3) is 2.98. The van der Waals surface area contributed by atoms with Gasteiger partial charge in [-0.05, 0) is 54.4 Å². The largest absolute Gasteiger partial charge is 0.459 e. The molecule has 150 valence electrons. The lowest BCUT2D eigenvalue weighted by molar-refractivity contribution is -0.117. The second-order valence-corrected chi connectivity index (χ2v) is 8.26. The van der Waals surface area contributed by atoms with E-state index in [9.17, 15) is 9.59 Å². The number of hydrogen-bond donors (Lipinski definition) is 0. The number of amides is 2. The van der Waals surface area contributed by atoms with Crippen LogP contribution in [-0.2, 0) is 4.79 Å². The van der Waals surface area contributed by atoms with Gasteiger partial charge in [-0.3, -0.25) is 9.59 Å². The zero-order valence-electron chi connectivity index (χ0n) is 16.5. The quantitative estimate of drug-likeness (QED) is 0.462. The molecule has 0 bridgehead atoms. The van der Waals surface area contributed by atoms with Crippen LogP contribution in [-0.4, -0.2) is 29.4 Å². The van der Waals surface area contributed by atoms with Gasteiger partial charge in [0.2, 0.25) is 5.91 Å².